The van der Waals surface area contributed by atoms with Crippen molar-refractivity contribution in [3.05, 3.63) is 20.8 Å². The lowest BCUT2D eigenvalue weighted by Crippen LogP contribution is -2.35. The molecule has 1 fully saturated rings. The number of nitrogens with zero attached hydrogens (tertiary/aromatic N) is 1. The van der Waals surface area contributed by atoms with E-state index in [-0.39, 0.29) is 0 Å². The Kier molecular flexibility index (Phi) is 4.82. The van der Waals surface area contributed by atoms with Crippen molar-refractivity contribution in [2.75, 3.05) is 19.6 Å². The molecule has 4 heteroatoms. The number of hydrogen-bond acceptors (Lipinski definition) is 3. The second kappa shape index (κ2) is 6.15. The third-order valence-electron chi connectivity index (χ3n) is 3.19. The summed E-state index contributed by atoms with van der Waals surface area (Å²) in [4.78, 5) is 4.03. The number of nitrogens with two attached hydrogens (primary N) is 1. The Morgan fingerprint density at radius 2 is 2.38 bits per heavy atom. The summed E-state index contributed by atoms with van der Waals surface area (Å²) in [6, 6.07) is 4.36. The molecule has 1 aliphatic rings. The summed E-state index contributed by atoms with van der Waals surface area (Å²) in [5.41, 5.74) is 5.64. The molecular formula is C12H19BrN2S. The van der Waals surface area contributed by atoms with Gasteiger partial charge in [-0.2, -0.15) is 0 Å². The Labute approximate surface area is 110 Å². The fraction of sp³-hybridized carbons (Fsp3) is 0.667. The lowest BCUT2D eigenvalue weighted by Gasteiger charge is -2.32. The molecule has 1 unspecified atom stereocenters. The molecule has 1 aromatic heterocycles. The van der Waals surface area contributed by atoms with E-state index in [1.165, 1.54) is 41.0 Å². The first-order valence-electron chi connectivity index (χ1n) is 5.94. The van der Waals surface area contributed by atoms with Crippen LogP contribution >= 0.6 is 27.3 Å². The molecule has 0 amide bonds. The van der Waals surface area contributed by atoms with Crippen LogP contribution < -0.4 is 5.73 Å². The van der Waals surface area contributed by atoms with Crippen molar-refractivity contribution < 1.29 is 0 Å². The molecule has 0 bridgehead atoms. The van der Waals surface area contributed by atoms with Crippen molar-refractivity contribution in [3.8, 4) is 0 Å². The van der Waals surface area contributed by atoms with Gasteiger partial charge in [0.15, 0.2) is 0 Å². The van der Waals surface area contributed by atoms with Crippen LogP contribution in [0.1, 0.15) is 24.1 Å². The fourth-order valence-corrected chi connectivity index (χ4v) is 3.95. The van der Waals surface area contributed by atoms with Crippen molar-refractivity contribution in [3.63, 3.8) is 0 Å². The van der Waals surface area contributed by atoms with Crippen molar-refractivity contribution in [1.29, 1.82) is 0 Å². The summed E-state index contributed by atoms with van der Waals surface area (Å²) >= 11 is 5.36. The predicted molar refractivity (Wildman–Crippen MR) is 73.7 cm³/mol. The summed E-state index contributed by atoms with van der Waals surface area (Å²) in [5, 5.41) is 0. The summed E-state index contributed by atoms with van der Waals surface area (Å²) in [6.45, 7) is 4.42. The fourth-order valence-electron chi connectivity index (χ4n) is 2.42. The highest BCUT2D eigenvalue weighted by atomic mass is 79.9. The van der Waals surface area contributed by atoms with Crippen LogP contribution in [0.15, 0.2) is 15.9 Å². The zero-order chi connectivity index (χ0) is 11.4. The van der Waals surface area contributed by atoms with Crippen LogP contribution in [-0.4, -0.2) is 24.5 Å². The Hall–Kier alpha value is 0.1000. The van der Waals surface area contributed by atoms with E-state index in [0.717, 1.165) is 19.0 Å². The minimum absolute atomic E-state index is 0.821. The Morgan fingerprint density at radius 3 is 3.06 bits per heavy atom. The van der Waals surface area contributed by atoms with Crippen LogP contribution in [-0.2, 0) is 6.54 Å². The minimum atomic E-state index is 0.821. The molecular weight excluding hydrogens is 284 g/mol. The normalized spacial score (nSPS) is 22.5. The van der Waals surface area contributed by atoms with E-state index >= 15 is 0 Å². The van der Waals surface area contributed by atoms with Crippen LogP contribution in [0.5, 0.6) is 0 Å². The lowest BCUT2D eigenvalue weighted by molar-refractivity contribution is 0.164. The maximum absolute atomic E-state index is 5.64. The van der Waals surface area contributed by atoms with E-state index in [4.69, 9.17) is 5.73 Å². The first-order chi connectivity index (χ1) is 7.78. The smallest absolute Gasteiger partial charge is 0.0701 e. The van der Waals surface area contributed by atoms with Gasteiger partial charge in [0, 0.05) is 18.0 Å². The SMILES string of the molecule is NCCC1CCCN(Cc2ccc(Br)s2)C1. The number of thiophene rings is 1. The van der Waals surface area contributed by atoms with Crippen molar-refractivity contribution >= 4 is 27.3 Å². The van der Waals surface area contributed by atoms with E-state index in [1.807, 2.05) is 11.3 Å². The lowest BCUT2D eigenvalue weighted by atomic mass is 9.95. The van der Waals surface area contributed by atoms with Crippen LogP contribution in [0, 0.1) is 5.92 Å². The first kappa shape index (κ1) is 12.6. The maximum atomic E-state index is 5.64. The molecule has 1 atom stereocenters. The molecule has 1 aliphatic heterocycles. The highest BCUT2D eigenvalue weighted by Crippen LogP contribution is 2.26. The van der Waals surface area contributed by atoms with Gasteiger partial charge in [-0.15, -0.1) is 11.3 Å². The van der Waals surface area contributed by atoms with Gasteiger partial charge in [-0.05, 0) is 66.3 Å². The number of piperidine rings is 1. The second-order valence-corrected chi connectivity index (χ2v) is 7.07. The molecule has 1 saturated heterocycles. The van der Waals surface area contributed by atoms with E-state index < -0.39 is 0 Å². The highest BCUT2D eigenvalue weighted by Gasteiger charge is 2.19. The molecule has 1 aromatic rings. The van der Waals surface area contributed by atoms with Crippen LogP contribution in [0.4, 0.5) is 0 Å². The third-order valence-corrected chi connectivity index (χ3v) is 4.79. The van der Waals surface area contributed by atoms with Crippen molar-refractivity contribution in [2.45, 2.75) is 25.8 Å². The monoisotopic (exact) mass is 302 g/mol. The highest BCUT2D eigenvalue weighted by molar-refractivity contribution is 9.11. The summed E-state index contributed by atoms with van der Waals surface area (Å²) < 4.78 is 1.23. The summed E-state index contributed by atoms with van der Waals surface area (Å²) in [7, 11) is 0. The molecule has 0 aromatic carbocycles. The zero-order valence-corrected chi connectivity index (χ0v) is 11.9. The quantitative estimate of drug-likeness (QED) is 0.926. The van der Waals surface area contributed by atoms with Crippen molar-refractivity contribution in [1.82, 2.24) is 4.90 Å². The molecule has 2 N–H and O–H groups in total. The number of rotatable bonds is 4. The van der Waals surface area contributed by atoms with E-state index in [1.54, 1.807) is 0 Å². The van der Waals surface area contributed by atoms with Gasteiger partial charge < -0.3 is 5.73 Å². The molecule has 0 radical (unpaired) electrons. The first-order valence-corrected chi connectivity index (χ1v) is 7.55. The molecule has 2 rings (SSSR count). The molecule has 0 spiro atoms. The van der Waals surface area contributed by atoms with Gasteiger partial charge in [0.25, 0.3) is 0 Å². The average molecular weight is 303 g/mol. The van der Waals surface area contributed by atoms with Crippen LogP contribution in [0.25, 0.3) is 0 Å². The molecule has 0 saturated carbocycles. The molecule has 16 heavy (non-hydrogen) atoms. The molecule has 2 heterocycles. The van der Waals surface area contributed by atoms with E-state index in [2.05, 4.69) is 33.0 Å². The van der Waals surface area contributed by atoms with Gasteiger partial charge in [0.05, 0.1) is 3.79 Å². The largest absolute Gasteiger partial charge is 0.330 e. The van der Waals surface area contributed by atoms with E-state index in [0.29, 0.717) is 0 Å². The van der Waals surface area contributed by atoms with Crippen molar-refractivity contribution in [2.24, 2.45) is 11.7 Å². The molecule has 90 valence electrons. The number of likely N-dealkylation sites (tertiary alicyclic amines) is 1. The topological polar surface area (TPSA) is 29.3 Å². The Morgan fingerprint density at radius 1 is 1.50 bits per heavy atom. The van der Waals surface area contributed by atoms with Gasteiger partial charge in [-0.1, -0.05) is 0 Å². The van der Waals surface area contributed by atoms with Crippen LogP contribution in [0.3, 0.4) is 0 Å². The Bertz CT molecular complexity index is 325. The van der Waals surface area contributed by atoms with Gasteiger partial charge in [-0.25, -0.2) is 0 Å². The molecule has 2 nitrogen and oxygen atoms in total. The maximum Gasteiger partial charge on any atom is 0.0701 e. The molecule has 0 aliphatic carbocycles. The van der Waals surface area contributed by atoms with Gasteiger partial charge in [0.1, 0.15) is 0 Å². The summed E-state index contributed by atoms with van der Waals surface area (Å²) in [6.07, 6.45) is 3.88. The van der Waals surface area contributed by atoms with Gasteiger partial charge in [0.2, 0.25) is 0 Å². The predicted octanol–water partition coefficient (Wildman–Crippen LogP) is 3.07. The minimum Gasteiger partial charge on any atom is -0.330 e. The number of halogens is 1. The van der Waals surface area contributed by atoms with Crippen LogP contribution in [0.2, 0.25) is 0 Å². The Balaban J connectivity index is 1.85. The summed E-state index contributed by atoms with van der Waals surface area (Å²) in [5.74, 6) is 0.821. The second-order valence-electron chi connectivity index (χ2n) is 4.53. The van der Waals surface area contributed by atoms with Gasteiger partial charge in [-0.3, -0.25) is 4.90 Å². The third kappa shape index (κ3) is 3.55. The zero-order valence-electron chi connectivity index (χ0n) is 9.49. The number of hydrogen-bond donors (Lipinski definition) is 1. The average Bonchev–Trinajstić information content (AvgIpc) is 2.65. The standard InChI is InChI=1S/C12H19BrN2S/c13-12-4-3-11(16-12)9-15-7-1-2-10(8-15)5-6-14/h3-4,10H,1-2,5-9,14H2. The van der Waals surface area contributed by atoms with E-state index in [9.17, 15) is 0 Å². The van der Waals surface area contributed by atoms with Gasteiger partial charge >= 0.3 is 0 Å².